The zero-order chi connectivity index (χ0) is 14.8. The summed E-state index contributed by atoms with van der Waals surface area (Å²) < 4.78 is 0. The lowest BCUT2D eigenvalue weighted by molar-refractivity contribution is 0.645. The lowest BCUT2D eigenvalue weighted by atomic mass is 9.88. The fraction of sp³-hybridized carbons (Fsp3) is 0.150. The van der Waals surface area contributed by atoms with Crippen molar-refractivity contribution in [3.05, 3.63) is 95.7 Å². The van der Waals surface area contributed by atoms with Crippen LogP contribution in [0.15, 0.2) is 79.0 Å². The highest BCUT2D eigenvalue weighted by atomic mass is 15.2. The van der Waals surface area contributed by atoms with E-state index in [0.29, 0.717) is 0 Å². The van der Waals surface area contributed by atoms with Crippen LogP contribution in [0.5, 0.6) is 0 Å². The predicted octanol–water partition coefficient (Wildman–Crippen LogP) is 4.23. The molecule has 0 fully saturated rings. The van der Waals surface area contributed by atoms with Crippen molar-refractivity contribution in [3.63, 3.8) is 0 Å². The Kier molecular flexibility index (Phi) is 3.36. The summed E-state index contributed by atoms with van der Waals surface area (Å²) in [5.41, 5.74) is 4.16. The Balaban J connectivity index is 1.86. The zero-order valence-corrected chi connectivity index (χ0v) is 12.4. The SMILES string of the molecule is c1ccc(C2c3ccccc3CCN2c2ccccn2)cc1. The van der Waals surface area contributed by atoms with E-state index in [1.54, 1.807) is 0 Å². The topological polar surface area (TPSA) is 16.1 Å². The molecular weight excluding hydrogens is 268 g/mol. The van der Waals surface area contributed by atoms with Crippen LogP contribution in [-0.4, -0.2) is 11.5 Å². The Labute approximate surface area is 131 Å². The van der Waals surface area contributed by atoms with Gasteiger partial charge in [-0.1, -0.05) is 60.7 Å². The number of fused-ring (bicyclic) bond motifs is 1. The molecule has 0 aliphatic carbocycles. The number of benzene rings is 2. The summed E-state index contributed by atoms with van der Waals surface area (Å²) in [6, 6.07) is 25.9. The van der Waals surface area contributed by atoms with Crippen molar-refractivity contribution in [1.29, 1.82) is 0 Å². The third-order valence-corrected chi connectivity index (χ3v) is 4.34. The first kappa shape index (κ1) is 13.1. The molecule has 1 unspecified atom stereocenters. The number of nitrogens with zero attached hydrogens (tertiary/aromatic N) is 2. The average Bonchev–Trinajstić information content (AvgIpc) is 2.62. The number of hydrogen-bond donors (Lipinski definition) is 0. The maximum atomic E-state index is 4.58. The fourth-order valence-electron chi connectivity index (χ4n) is 3.33. The highest BCUT2D eigenvalue weighted by Crippen LogP contribution is 2.37. The standard InChI is InChI=1S/C20H18N2/c1-2-9-17(10-3-1)20-18-11-5-4-8-16(18)13-15-22(20)19-12-6-7-14-21-19/h1-12,14,20H,13,15H2. The molecule has 2 nitrogen and oxygen atoms in total. The molecule has 1 atom stereocenters. The minimum absolute atomic E-state index is 0.237. The lowest BCUT2D eigenvalue weighted by Gasteiger charge is -2.38. The van der Waals surface area contributed by atoms with Crippen LogP contribution in [0, 0.1) is 0 Å². The molecule has 2 heterocycles. The Bertz CT molecular complexity index is 753. The summed E-state index contributed by atoms with van der Waals surface area (Å²) in [5.74, 6) is 1.05. The van der Waals surface area contributed by atoms with E-state index in [0.717, 1.165) is 18.8 Å². The van der Waals surface area contributed by atoms with Crippen molar-refractivity contribution in [2.75, 3.05) is 11.4 Å². The van der Waals surface area contributed by atoms with E-state index in [4.69, 9.17) is 0 Å². The number of hydrogen-bond acceptors (Lipinski definition) is 2. The monoisotopic (exact) mass is 286 g/mol. The Morgan fingerprint density at radius 2 is 1.59 bits per heavy atom. The molecule has 4 rings (SSSR count). The van der Waals surface area contributed by atoms with Crippen LogP contribution in [0.4, 0.5) is 5.82 Å². The van der Waals surface area contributed by atoms with Gasteiger partial charge < -0.3 is 4.90 Å². The Morgan fingerprint density at radius 1 is 0.818 bits per heavy atom. The maximum Gasteiger partial charge on any atom is 0.129 e. The van der Waals surface area contributed by atoms with Gasteiger partial charge in [0.2, 0.25) is 0 Å². The van der Waals surface area contributed by atoms with Crippen LogP contribution in [-0.2, 0) is 6.42 Å². The van der Waals surface area contributed by atoms with E-state index in [1.807, 2.05) is 12.3 Å². The Hall–Kier alpha value is -2.61. The molecular formula is C20H18N2. The van der Waals surface area contributed by atoms with Gasteiger partial charge in [-0.15, -0.1) is 0 Å². The molecule has 1 aliphatic heterocycles. The van der Waals surface area contributed by atoms with Gasteiger partial charge in [0.25, 0.3) is 0 Å². The summed E-state index contributed by atoms with van der Waals surface area (Å²) in [6.45, 7) is 0.994. The van der Waals surface area contributed by atoms with Crippen molar-refractivity contribution >= 4 is 5.82 Å². The second-order valence-electron chi connectivity index (χ2n) is 5.64. The number of aromatic nitrogens is 1. The van der Waals surface area contributed by atoms with Crippen LogP contribution >= 0.6 is 0 Å². The normalized spacial score (nSPS) is 17.1. The van der Waals surface area contributed by atoms with Crippen LogP contribution in [0.3, 0.4) is 0 Å². The summed E-state index contributed by atoms with van der Waals surface area (Å²) in [4.78, 5) is 6.99. The van der Waals surface area contributed by atoms with Crippen molar-refractivity contribution in [2.24, 2.45) is 0 Å². The first-order chi connectivity index (χ1) is 10.9. The van der Waals surface area contributed by atoms with Gasteiger partial charge in [-0.2, -0.15) is 0 Å². The van der Waals surface area contributed by atoms with E-state index in [1.165, 1.54) is 16.7 Å². The molecule has 0 bridgehead atoms. The van der Waals surface area contributed by atoms with Gasteiger partial charge in [-0.25, -0.2) is 4.98 Å². The van der Waals surface area contributed by atoms with Gasteiger partial charge in [0.1, 0.15) is 5.82 Å². The first-order valence-corrected chi connectivity index (χ1v) is 7.74. The quantitative estimate of drug-likeness (QED) is 0.700. The van der Waals surface area contributed by atoms with Gasteiger partial charge >= 0.3 is 0 Å². The molecule has 0 N–H and O–H groups in total. The van der Waals surface area contributed by atoms with Gasteiger partial charge in [0.15, 0.2) is 0 Å². The van der Waals surface area contributed by atoms with Crippen molar-refractivity contribution in [1.82, 2.24) is 4.98 Å². The number of rotatable bonds is 2. The molecule has 3 aromatic rings. The highest BCUT2D eigenvalue weighted by molar-refractivity contribution is 5.52. The average molecular weight is 286 g/mol. The number of anilines is 1. The summed E-state index contributed by atoms with van der Waals surface area (Å²) in [5, 5.41) is 0. The Morgan fingerprint density at radius 3 is 2.41 bits per heavy atom. The fourth-order valence-corrected chi connectivity index (χ4v) is 3.33. The molecule has 0 radical (unpaired) electrons. The van der Waals surface area contributed by atoms with E-state index < -0.39 is 0 Å². The van der Waals surface area contributed by atoms with E-state index in [9.17, 15) is 0 Å². The van der Waals surface area contributed by atoms with E-state index >= 15 is 0 Å². The predicted molar refractivity (Wildman–Crippen MR) is 90.0 cm³/mol. The second kappa shape index (κ2) is 5.64. The lowest BCUT2D eigenvalue weighted by Crippen LogP contribution is -2.36. The van der Waals surface area contributed by atoms with Gasteiger partial charge in [0, 0.05) is 12.7 Å². The molecule has 22 heavy (non-hydrogen) atoms. The molecule has 0 amide bonds. The van der Waals surface area contributed by atoms with Crippen LogP contribution < -0.4 is 4.90 Å². The van der Waals surface area contributed by atoms with E-state index in [2.05, 4.69) is 76.6 Å². The van der Waals surface area contributed by atoms with Crippen molar-refractivity contribution < 1.29 is 0 Å². The van der Waals surface area contributed by atoms with Crippen LogP contribution in [0.2, 0.25) is 0 Å². The van der Waals surface area contributed by atoms with Crippen molar-refractivity contribution in [3.8, 4) is 0 Å². The van der Waals surface area contributed by atoms with Crippen LogP contribution in [0.1, 0.15) is 22.7 Å². The third-order valence-electron chi connectivity index (χ3n) is 4.34. The van der Waals surface area contributed by atoms with E-state index in [-0.39, 0.29) is 6.04 Å². The molecule has 0 saturated carbocycles. The molecule has 0 spiro atoms. The van der Waals surface area contributed by atoms with Gasteiger partial charge in [-0.3, -0.25) is 0 Å². The third kappa shape index (κ3) is 2.27. The van der Waals surface area contributed by atoms with Crippen LogP contribution in [0.25, 0.3) is 0 Å². The molecule has 2 aromatic carbocycles. The largest absolute Gasteiger partial charge is 0.345 e. The maximum absolute atomic E-state index is 4.58. The first-order valence-electron chi connectivity index (χ1n) is 7.74. The van der Waals surface area contributed by atoms with Crippen molar-refractivity contribution in [2.45, 2.75) is 12.5 Å². The zero-order valence-electron chi connectivity index (χ0n) is 12.4. The van der Waals surface area contributed by atoms with Gasteiger partial charge in [0.05, 0.1) is 6.04 Å². The molecule has 1 aliphatic rings. The summed E-state index contributed by atoms with van der Waals surface area (Å²) in [6.07, 6.45) is 2.94. The second-order valence-corrected chi connectivity index (χ2v) is 5.64. The minimum Gasteiger partial charge on any atom is -0.345 e. The smallest absolute Gasteiger partial charge is 0.129 e. The molecule has 1 aromatic heterocycles. The number of pyridine rings is 1. The summed E-state index contributed by atoms with van der Waals surface area (Å²) in [7, 11) is 0. The summed E-state index contributed by atoms with van der Waals surface area (Å²) >= 11 is 0. The molecule has 0 saturated heterocycles. The molecule has 108 valence electrons. The molecule has 2 heteroatoms. The highest BCUT2D eigenvalue weighted by Gasteiger charge is 2.29. The van der Waals surface area contributed by atoms with Gasteiger partial charge in [-0.05, 0) is 35.2 Å². The minimum atomic E-state index is 0.237.